The molecule has 0 bridgehead atoms. The normalized spacial score (nSPS) is 16.9. The Morgan fingerprint density at radius 1 is 1.13 bits per heavy atom. The van der Waals surface area contributed by atoms with Crippen LogP contribution < -0.4 is 14.8 Å². The molecule has 0 fully saturated rings. The number of aromatic nitrogens is 2. The molecule has 3 aromatic rings. The van der Waals surface area contributed by atoms with Crippen molar-refractivity contribution >= 4 is 5.91 Å². The molecule has 1 aliphatic heterocycles. The Hall–Kier alpha value is -3.28. The Morgan fingerprint density at radius 3 is 2.77 bits per heavy atom. The standard InChI is InChI=1S/C24H25N3O3/c1-15-8-16(2)10-18(9-15)27-21-5-3-4-20(19(21)13-25-27)26-24(28)12-17-6-7-22-23(11-17)30-14-29-22/h6-11,13,20H,3-5,12,14H2,1-2H3,(H,26,28). The van der Waals surface area contributed by atoms with Crippen LogP contribution in [0.15, 0.2) is 42.6 Å². The van der Waals surface area contributed by atoms with Crippen LogP contribution in [0.3, 0.4) is 0 Å². The van der Waals surface area contributed by atoms with Gasteiger partial charge in [0.25, 0.3) is 0 Å². The zero-order valence-electron chi connectivity index (χ0n) is 17.3. The predicted octanol–water partition coefficient (Wildman–Crippen LogP) is 3.95. The SMILES string of the molecule is Cc1cc(C)cc(-n2ncc3c2CCCC3NC(=O)Cc2ccc3c(c2)OCO3)c1. The van der Waals surface area contributed by atoms with Crippen LogP contribution in [-0.2, 0) is 17.6 Å². The van der Waals surface area contributed by atoms with Crippen LogP contribution in [0, 0.1) is 13.8 Å². The molecule has 0 spiro atoms. The number of ether oxygens (including phenoxy) is 2. The summed E-state index contributed by atoms with van der Waals surface area (Å²) in [6.45, 7) is 4.44. The summed E-state index contributed by atoms with van der Waals surface area (Å²) < 4.78 is 12.8. The molecular weight excluding hydrogens is 378 g/mol. The Balaban J connectivity index is 1.34. The molecule has 1 atom stereocenters. The number of aryl methyl sites for hydroxylation is 2. The summed E-state index contributed by atoms with van der Waals surface area (Å²) in [6.07, 6.45) is 5.15. The van der Waals surface area contributed by atoms with E-state index in [2.05, 4.69) is 42.5 Å². The van der Waals surface area contributed by atoms with E-state index in [1.165, 1.54) is 16.8 Å². The topological polar surface area (TPSA) is 65.4 Å². The minimum Gasteiger partial charge on any atom is -0.454 e. The summed E-state index contributed by atoms with van der Waals surface area (Å²) in [5, 5.41) is 7.88. The molecule has 6 heteroatoms. The first-order valence-electron chi connectivity index (χ1n) is 10.4. The summed E-state index contributed by atoms with van der Waals surface area (Å²) in [5.41, 5.74) is 6.76. The lowest BCUT2D eigenvalue weighted by Crippen LogP contribution is -2.32. The highest BCUT2D eigenvalue weighted by Gasteiger charge is 2.26. The van der Waals surface area contributed by atoms with Gasteiger partial charge in [0.1, 0.15) is 0 Å². The van der Waals surface area contributed by atoms with Crippen LogP contribution >= 0.6 is 0 Å². The van der Waals surface area contributed by atoms with Crippen molar-refractivity contribution in [2.45, 2.75) is 45.6 Å². The molecule has 0 saturated carbocycles. The second kappa shape index (κ2) is 7.52. The Labute approximate surface area is 175 Å². The van der Waals surface area contributed by atoms with E-state index in [-0.39, 0.29) is 18.7 Å². The van der Waals surface area contributed by atoms with Crippen LogP contribution in [0.4, 0.5) is 0 Å². The van der Waals surface area contributed by atoms with E-state index in [4.69, 9.17) is 9.47 Å². The lowest BCUT2D eigenvalue weighted by Gasteiger charge is -2.24. The zero-order valence-corrected chi connectivity index (χ0v) is 17.3. The average Bonchev–Trinajstić information content (AvgIpc) is 3.34. The fourth-order valence-corrected chi connectivity index (χ4v) is 4.48. The minimum atomic E-state index is -0.00471. The van der Waals surface area contributed by atoms with E-state index in [0.29, 0.717) is 12.2 Å². The maximum Gasteiger partial charge on any atom is 0.231 e. The summed E-state index contributed by atoms with van der Waals surface area (Å²) in [5.74, 6) is 1.44. The van der Waals surface area contributed by atoms with Crippen molar-refractivity contribution in [2.75, 3.05) is 6.79 Å². The number of carbonyl (C=O) groups is 1. The van der Waals surface area contributed by atoms with Crippen molar-refractivity contribution < 1.29 is 14.3 Å². The molecule has 1 aromatic heterocycles. The summed E-state index contributed by atoms with van der Waals surface area (Å²) in [7, 11) is 0. The van der Waals surface area contributed by atoms with Gasteiger partial charge in [-0.2, -0.15) is 5.10 Å². The van der Waals surface area contributed by atoms with Gasteiger partial charge < -0.3 is 14.8 Å². The van der Waals surface area contributed by atoms with Gasteiger partial charge in [0.05, 0.1) is 24.3 Å². The van der Waals surface area contributed by atoms with Crippen molar-refractivity contribution in [1.82, 2.24) is 15.1 Å². The summed E-state index contributed by atoms with van der Waals surface area (Å²) in [4.78, 5) is 12.7. The van der Waals surface area contributed by atoms with E-state index in [9.17, 15) is 4.79 Å². The first-order valence-corrected chi connectivity index (χ1v) is 10.4. The van der Waals surface area contributed by atoms with E-state index >= 15 is 0 Å². The van der Waals surface area contributed by atoms with E-state index in [1.54, 1.807) is 0 Å². The molecular formula is C24H25N3O3. The molecule has 2 aromatic carbocycles. The van der Waals surface area contributed by atoms with Crippen LogP contribution in [0.2, 0.25) is 0 Å². The first-order chi connectivity index (χ1) is 14.6. The molecule has 1 unspecified atom stereocenters. The molecule has 2 aliphatic rings. The highest BCUT2D eigenvalue weighted by Crippen LogP contribution is 2.33. The second-order valence-electron chi connectivity index (χ2n) is 8.18. The maximum absolute atomic E-state index is 12.7. The largest absolute Gasteiger partial charge is 0.454 e. The Morgan fingerprint density at radius 2 is 1.93 bits per heavy atom. The van der Waals surface area contributed by atoms with Gasteiger partial charge in [0, 0.05) is 11.3 Å². The fourth-order valence-electron chi connectivity index (χ4n) is 4.48. The molecule has 5 rings (SSSR count). The fraction of sp³-hybridized carbons (Fsp3) is 0.333. The average molecular weight is 403 g/mol. The molecule has 1 aliphatic carbocycles. The van der Waals surface area contributed by atoms with Crippen molar-refractivity contribution in [3.8, 4) is 17.2 Å². The van der Waals surface area contributed by atoms with E-state index in [1.807, 2.05) is 29.1 Å². The molecule has 2 heterocycles. The molecule has 1 amide bonds. The molecule has 154 valence electrons. The maximum atomic E-state index is 12.7. The Bertz CT molecular complexity index is 1100. The number of nitrogens with one attached hydrogen (secondary N) is 1. The number of hydrogen-bond acceptors (Lipinski definition) is 4. The molecule has 0 saturated heterocycles. The third kappa shape index (κ3) is 3.54. The summed E-state index contributed by atoms with van der Waals surface area (Å²) in [6, 6.07) is 12.1. The van der Waals surface area contributed by atoms with Gasteiger partial charge in [-0.3, -0.25) is 4.79 Å². The predicted molar refractivity (Wildman–Crippen MR) is 113 cm³/mol. The highest BCUT2D eigenvalue weighted by atomic mass is 16.7. The van der Waals surface area contributed by atoms with Crippen molar-refractivity contribution in [3.63, 3.8) is 0 Å². The number of rotatable bonds is 4. The van der Waals surface area contributed by atoms with E-state index < -0.39 is 0 Å². The van der Waals surface area contributed by atoms with Gasteiger partial charge in [0.15, 0.2) is 11.5 Å². The van der Waals surface area contributed by atoms with Gasteiger partial charge in [-0.1, -0.05) is 12.1 Å². The van der Waals surface area contributed by atoms with Gasteiger partial charge in [-0.05, 0) is 74.1 Å². The molecule has 0 radical (unpaired) electrons. The van der Waals surface area contributed by atoms with Gasteiger partial charge in [0.2, 0.25) is 12.7 Å². The van der Waals surface area contributed by atoms with Gasteiger partial charge >= 0.3 is 0 Å². The quantitative estimate of drug-likeness (QED) is 0.716. The smallest absolute Gasteiger partial charge is 0.231 e. The van der Waals surface area contributed by atoms with Crippen LogP contribution in [0.1, 0.15) is 46.8 Å². The van der Waals surface area contributed by atoms with Crippen LogP contribution in [-0.4, -0.2) is 22.5 Å². The lowest BCUT2D eigenvalue weighted by atomic mass is 9.92. The lowest BCUT2D eigenvalue weighted by molar-refractivity contribution is -0.121. The van der Waals surface area contributed by atoms with Crippen molar-refractivity contribution in [1.29, 1.82) is 0 Å². The van der Waals surface area contributed by atoms with Crippen LogP contribution in [0.25, 0.3) is 5.69 Å². The number of hydrogen-bond donors (Lipinski definition) is 1. The van der Waals surface area contributed by atoms with Gasteiger partial charge in [-0.25, -0.2) is 4.68 Å². The monoisotopic (exact) mass is 403 g/mol. The second-order valence-corrected chi connectivity index (χ2v) is 8.18. The number of benzene rings is 2. The number of amides is 1. The third-order valence-electron chi connectivity index (χ3n) is 5.77. The summed E-state index contributed by atoms with van der Waals surface area (Å²) >= 11 is 0. The molecule has 30 heavy (non-hydrogen) atoms. The Kier molecular flexibility index (Phi) is 4.69. The number of nitrogens with zero attached hydrogens (tertiary/aromatic N) is 2. The molecule has 6 nitrogen and oxygen atoms in total. The third-order valence-corrected chi connectivity index (χ3v) is 5.77. The van der Waals surface area contributed by atoms with Gasteiger partial charge in [-0.15, -0.1) is 0 Å². The van der Waals surface area contributed by atoms with Crippen molar-refractivity contribution in [3.05, 3.63) is 70.5 Å². The van der Waals surface area contributed by atoms with E-state index in [0.717, 1.165) is 41.8 Å². The minimum absolute atomic E-state index is 0.00471. The van der Waals surface area contributed by atoms with Crippen LogP contribution in [0.5, 0.6) is 11.5 Å². The zero-order chi connectivity index (χ0) is 20.7. The molecule has 1 N–H and O–H groups in total. The first kappa shape index (κ1) is 18.7. The number of fused-ring (bicyclic) bond motifs is 2. The van der Waals surface area contributed by atoms with Crippen molar-refractivity contribution in [2.24, 2.45) is 0 Å². The highest BCUT2D eigenvalue weighted by molar-refractivity contribution is 5.79. The number of carbonyl (C=O) groups excluding carboxylic acids is 1.